The number of rotatable bonds is 8. The van der Waals surface area contributed by atoms with E-state index >= 15 is 0 Å². The lowest BCUT2D eigenvalue weighted by Gasteiger charge is -2.16. The number of hydrogen-bond donors (Lipinski definition) is 2. The van der Waals surface area contributed by atoms with Crippen LogP contribution in [0, 0.1) is 6.92 Å². The van der Waals surface area contributed by atoms with Crippen molar-refractivity contribution in [3.8, 4) is 0 Å². The van der Waals surface area contributed by atoms with Crippen LogP contribution >= 0.6 is 15.9 Å². The maximum absolute atomic E-state index is 5.59. The van der Waals surface area contributed by atoms with Gasteiger partial charge < -0.3 is 4.74 Å². The average molecular weight is 319 g/mol. The molecule has 1 rings (SSSR count). The molecule has 0 saturated heterocycles. The van der Waals surface area contributed by atoms with Crippen molar-refractivity contribution in [2.24, 2.45) is 12.9 Å². The van der Waals surface area contributed by atoms with Crippen LogP contribution in [-0.4, -0.2) is 29.0 Å². The first-order valence-corrected chi connectivity index (χ1v) is 7.11. The minimum absolute atomic E-state index is 0.202. The summed E-state index contributed by atoms with van der Waals surface area (Å²) < 4.78 is 8.46. The molecule has 1 aromatic heterocycles. The highest BCUT2D eigenvalue weighted by Gasteiger charge is 2.15. The molecule has 6 heteroatoms. The molecule has 18 heavy (non-hydrogen) atoms. The minimum Gasteiger partial charge on any atom is -0.381 e. The molecule has 3 N–H and O–H groups in total. The lowest BCUT2D eigenvalue weighted by molar-refractivity contribution is 0.124. The van der Waals surface area contributed by atoms with Gasteiger partial charge in [0.05, 0.1) is 15.9 Å². The molecule has 0 fully saturated rings. The number of hydrazine groups is 1. The molecule has 0 bridgehead atoms. The summed E-state index contributed by atoms with van der Waals surface area (Å²) in [6.07, 6.45) is 2.78. The monoisotopic (exact) mass is 318 g/mol. The highest BCUT2D eigenvalue weighted by Crippen LogP contribution is 2.21. The molecule has 1 unspecified atom stereocenters. The van der Waals surface area contributed by atoms with Crippen molar-refractivity contribution in [3.63, 3.8) is 0 Å². The van der Waals surface area contributed by atoms with Gasteiger partial charge in [0.25, 0.3) is 0 Å². The van der Waals surface area contributed by atoms with Gasteiger partial charge in [-0.05, 0) is 35.7 Å². The number of aryl methyl sites for hydroxylation is 2. The molecule has 0 aliphatic carbocycles. The predicted octanol–water partition coefficient (Wildman–Crippen LogP) is 1.68. The zero-order chi connectivity index (χ0) is 13.5. The van der Waals surface area contributed by atoms with Crippen LogP contribution in [0.4, 0.5) is 0 Å². The van der Waals surface area contributed by atoms with Gasteiger partial charge >= 0.3 is 0 Å². The Morgan fingerprint density at radius 1 is 1.50 bits per heavy atom. The van der Waals surface area contributed by atoms with Crippen molar-refractivity contribution >= 4 is 15.9 Å². The van der Waals surface area contributed by atoms with Gasteiger partial charge in [0, 0.05) is 32.7 Å². The molecule has 1 aromatic rings. The molecule has 104 valence electrons. The Morgan fingerprint density at radius 2 is 2.22 bits per heavy atom. The summed E-state index contributed by atoms with van der Waals surface area (Å²) in [5.41, 5.74) is 5.01. The van der Waals surface area contributed by atoms with Crippen LogP contribution in [0.25, 0.3) is 0 Å². The molecule has 1 atom stereocenters. The van der Waals surface area contributed by atoms with Crippen LogP contribution in [0.15, 0.2) is 4.47 Å². The summed E-state index contributed by atoms with van der Waals surface area (Å²) in [5.74, 6) is 5.59. The van der Waals surface area contributed by atoms with E-state index in [-0.39, 0.29) is 6.04 Å². The lowest BCUT2D eigenvalue weighted by atomic mass is 10.1. The molecule has 5 nitrogen and oxygen atoms in total. The van der Waals surface area contributed by atoms with Gasteiger partial charge in [-0.15, -0.1) is 0 Å². The van der Waals surface area contributed by atoms with Crippen molar-refractivity contribution in [2.75, 3.05) is 13.2 Å². The average Bonchev–Trinajstić information content (AvgIpc) is 2.59. The molecule has 0 spiro atoms. The van der Waals surface area contributed by atoms with Gasteiger partial charge in [0.1, 0.15) is 0 Å². The van der Waals surface area contributed by atoms with E-state index in [9.17, 15) is 0 Å². The van der Waals surface area contributed by atoms with Crippen molar-refractivity contribution in [3.05, 3.63) is 15.9 Å². The Hall–Kier alpha value is -0.430. The second-order valence-electron chi connectivity index (χ2n) is 4.44. The summed E-state index contributed by atoms with van der Waals surface area (Å²) in [6.45, 7) is 5.64. The number of nitrogens with one attached hydrogen (secondary N) is 1. The second-order valence-corrected chi connectivity index (χ2v) is 5.23. The van der Waals surface area contributed by atoms with E-state index in [1.54, 1.807) is 0 Å². The minimum atomic E-state index is 0.202. The van der Waals surface area contributed by atoms with Crippen molar-refractivity contribution in [2.45, 2.75) is 39.2 Å². The summed E-state index contributed by atoms with van der Waals surface area (Å²) in [5, 5.41) is 4.38. The highest BCUT2D eigenvalue weighted by molar-refractivity contribution is 9.10. The zero-order valence-electron chi connectivity index (χ0n) is 11.4. The van der Waals surface area contributed by atoms with E-state index in [1.165, 1.54) is 0 Å². The van der Waals surface area contributed by atoms with Gasteiger partial charge in [0.2, 0.25) is 0 Å². The molecule has 0 radical (unpaired) electrons. The van der Waals surface area contributed by atoms with Crippen LogP contribution in [0.5, 0.6) is 0 Å². The number of ether oxygens (including phenoxy) is 1. The van der Waals surface area contributed by atoms with Crippen molar-refractivity contribution in [1.29, 1.82) is 0 Å². The Balaban J connectivity index is 2.51. The summed E-state index contributed by atoms with van der Waals surface area (Å²) in [4.78, 5) is 0. The zero-order valence-corrected chi connectivity index (χ0v) is 13.0. The maximum atomic E-state index is 5.59. The maximum Gasteiger partial charge on any atom is 0.0738 e. The SMILES string of the molecule is CCCOCCC(Cc1c(Br)c(C)nn1C)NN. The number of halogens is 1. The number of aromatic nitrogens is 2. The van der Waals surface area contributed by atoms with E-state index in [0.29, 0.717) is 0 Å². The number of nitrogens with two attached hydrogens (primary N) is 1. The number of hydrogen-bond acceptors (Lipinski definition) is 4. The second kappa shape index (κ2) is 7.89. The summed E-state index contributed by atoms with van der Waals surface area (Å²) >= 11 is 3.57. The molecule has 0 saturated carbocycles. The van der Waals surface area contributed by atoms with Crippen LogP contribution in [-0.2, 0) is 18.2 Å². The van der Waals surface area contributed by atoms with Gasteiger partial charge in [-0.1, -0.05) is 6.92 Å². The smallest absolute Gasteiger partial charge is 0.0738 e. The fourth-order valence-corrected chi connectivity index (χ4v) is 2.35. The Morgan fingerprint density at radius 3 is 2.72 bits per heavy atom. The Labute approximate surface area is 117 Å². The largest absolute Gasteiger partial charge is 0.381 e. The van der Waals surface area contributed by atoms with Gasteiger partial charge in [-0.2, -0.15) is 5.10 Å². The standard InChI is InChI=1S/C12H23BrN4O/c1-4-6-18-7-5-10(15-14)8-11-12(13)9(2)16-17(11)3/h10,15H,4-8,14H2,1-3H3. The summed E-state index contributed by atoms with van der Waals surface area (Å²) in [7, 11) is 1.95. The van der Waals surface area contributed by atoms with Crippen LogP contribution in [0.1, 0.15) is 31.2 Å². The third kappa shape index (κ3) is 4.35. The van der Waals surface area contributed by atoms with E-state index in [4.69, 9.17) is 10.6 Å². The first kappa shape index (κ1) is 15.6. The van der Waals surface area contributed by atoms with E-state index in [0.717, 1.165) is 48.3 Å². The molecule has 0 aliphatic heterocycles. The first-order chi connectivity index (χ1) is 8.60. The van der Waals surface area contributed by atoms with Gasteiger partial charge in [-0.3, -0.25) is 16.0 Å². The Kier molecular flexibility index (Phi) is 6.85. The normalized spacial score (nSPS) is 12.9. The van der Waals surface area contributed by atoms with Crippen molar-refractivity contribution in [1.82, 2.24) is 15.2 Å². The number of nitrogens with zero attached hydrogens (tertiary/aromatic N) is 2. The molecule has 0 aromatic carbocycles. The first-order valence-electron chi connectivity index (χ1n) is 6.32. The van der Waals surface area contributed by atoms with Crippen LogP contribution < -0.4 is 11.3 Å². The molecule has 0 amide bonds. The van der Waals surface area contributed by atoms with Crippen molar-refractivity contribution < 1.29 is 4.74 Å². The summed E-state index contributed by atoms with van der Waals surface area (Å²) in [6, 6.07) is 0.202. The van der Waals surface area contributed by atoms with Gasteiger partial charge in [-0.25, -0.2) is 0 Å². The third-order valence-corrected chi connectivity index (χ3v) is 3.93. The van der Waals surface area contributed by atoms with Crippen LogP contribution in [0.3, 0.4) is 0 Å². The van der Waals surface area contributed by atoms with E-state index < -0.39 is 0 Å². The van der Waals surface area contributed by atoms with Gasteiger partial charge in [0.15, 0.2) is 0 Å². The van der Waals surface area contributed by atoms with E-state index in [2.05, 4.69) is 33.4 Å². The molecule has 1 heterocycles. The fourth-order valence-electron chi connectivity index (χ4n) is 1.85. The quantitative estimate of drug-likeness (QED) is 0.435. The molecular formula is C12H23BrN4O. The highest BCUT2D eigenvalue weighted by atomic mass is 79.9. The fraction of sp³-hybridized carbons (Fsp3) is 0.750. The predicted molar refractivity (Wildman–Crippen MR) is 76.2 cm³/mol. The van der Waals surface area contributed by atoms with Crippen LogP contribution in [0.2, 0.25) is 0 Å². The molecular weight excluding hydrogens is 296 g/mol. The lowest BCUT2D eigenvalue weighted by Crippen LogP contribution is -2.38. The third-order valence-electron chi connectivity index (χ3n) is 2.90. The Bertz CT molecular complexity index is 367. The topological polar surface area (TPSA) is 65.1 Å². The molecule has 0 aliphatic rings. The van der Waals surface area contributed by atoms with E-state index in [1.807, 2.05) is 18.7 Å².